The third-order valence-electron chi connectivity index (χ3n) is 4.80. The molecule has 1 aliphatic heterocycles. The Hall–Kier alpha value is -2.08. The van der Waals surface area contributed by atoms with Crippen molar-refractivity contribution in [2.45, 2.75) is 51.2 Å². The van der Waals surface area contributed by atoms with Gasteiger partial charge in [0.2, 0.25) is 11.8 Å². The van der Waals surface area contributed by atoms with Crippen molar-refractivity contribution in [1.82, 2.24) is 4.90 Å². The highest BCUT2D eigenvalue weighted by molar-refractivity contribution is 5.80. The summed E-state index contributed by atoms with van der Waals surface area (Å²) in [4.78, 5) is 26.0. The monoisotopic (exact) mass is 348 g/mol. The number of piperidine rings is 1. The molecule has 2 rings (SSSR count). The molecular formula is C19H28N2O4. The first-order chi connectivity index (χ1) is 12.0. The van der Waals surface area contributed by atoms with Crippen molar-refractivity contribution in [2.24, 2.45) is 5.73 Å². The highest BCUT2D eigenvalue weighted by atomic mass is 16.5. The molecule has 6 heteroatoms. The summed E-state index contributed by atoms with van der Waals surface area (Å²) in [5, 5.41) is 0. The maximum absolute atomic E-state index is 13.0. The van der Waals surface area contributed by atoms with Crippen molar-refractivity contribution in [2.75, 3.05) is 20.8 Å². The van der Waals surface area contributed by atoms with Gasteiger partial charge in [0.15, 0.2) is 0 Å². The highest BCUT2D eigenvalue weighted by Crippen LogP contribution is 2.26. The van der Waals surface area contributed by atoms with Crippen LogP contribution in [0.5, 0.6) is 5.75 Å². The van der Waals surface area contributed by atoms with Crippen LogP contribution < -0.4 is 10.5 Å². The minimum Gasteiger partial charge on any atom is -0.496 e. The van der Waals surface area contributed by atoms with Gasteiger partial charge < -0.3 is 20.1 Å². The van der Waals surface area contributed by atoms with Crippen LogP contribution in [0, 0.1) is 6.92 Å². The van der Waals surface area contributed by atoms with Crippen LogP contribution >= 0.6 is 0 Å². The summed E-state index contributed by atoms with van der Waals surface area (Å²) in [5.74, 6) is 0.390. The zero-order valence-corrected chi connectivity index (χ0v) is 15.3. The summed E-state index contributed by atoms with van der Waals surface area (Å²) in [5.41, 5.74) is 7.26. The molecule has 0 aromatic heterocycles. The van der Waals surface area contributed by atoms with Crippen LogP contribution in [0.4, 0.5) is 0 Å². The first kappa shape index (κ1) is 19.2. The quantitative estimate of drug-likeness (QED) is 0.815. The molecule has 138 valence electrons. The van der Waals surface area contributed by atoms with Crippen molar-refractivity contribution in [1.29, 1.82) is 0 Å². The Kier molecular flexibility index (Phi) is 6.82. The van der Waals surface area contributed by atoms with E-state index in [1.54, 1.807) is 14.2 Å². The Labute approximate surface area is 149 Å². The van der Waals surface area contributed by atoms with Crippen LogP contribution in [0.1, 0.15) is 36.8 Å². The summed E-state index contributed by atoms with van der Waals surface area (Å²) in [6.07, 6.45) is 2.78. The first-order valence-corrected chi connectivity index (χ1v) is 8.70. The molecule has 6 nitrogen and oxygen atoms in total. The Balaban J connectivity index is 2.16. The lowest BCUT2D eigenvalue weighted by atomic mass is 9.93. The number of primary amides is 1. The summed E-state index contributed by atoms with van der Waals surface area (Å²) in [7, 11) is 3.26. The Bertz CT molecular complexity index is 617. The topological polar surface area (TPSA) is 81.9 Å². The molecule has 2 atom stereocenters. The maximum Gasteiger partial charge on any atom is 0.227 e. The minimum atomic E-state index is -0.354. The Morgan fingerprint density at radius 3 is 2.72 bits per heavy atom. The average Bonchev–Trinajstić information content (AvgIpc) is 2.59. The fourth-order valence-corrected chi connectivity index (χ4v) is 3.55. The van der Waals surface area contributed by atoms with Gasteiger partial charge in [-0.1, -0.05) is 17.7 Å². The van der Waals surface area contributed by atoms with Crippen molar-refractivity contribution in [3.63, 3.8) is 0 Å². The molecule has 0 saturated carbocycles. The summed E-state index contributed by atoms with van der Waals surface area (Å²) < 4.78 is 10.9. The smallest absolute Gasteiger partial charge is 0.227 e. The van der Waals surface area contributed by atoms with Crippen LogP contribution in [0.2, 0.25) is 0 Å². The number of rotatable bonds is 7. The summed E-state index contributed by atoms with van der Waals surface area (Å²) in [6, 6.07) is 5.71. The van der Waals surface area contributed by atoms with E-state index in [2.05, 4.69) is 0 Å². The third kappa shape index (κ3) is 4.95. The Morgan fingerprint density at radius 1 is 1.32 bits per heavy atom. The van der Waals surface area contributed by atoms with Crippen LogP contribution in [0.25, 0.3) is 0 Å². The fourth-order valence-electron chi connectivity index (χ4n) is 3.55. The van der Waals surface area contributed by atoms with Gasteiger partial charge in [-0.05, 0) is 32.3 Å². The predicted molar refractivity (Wildman–Crippen MR) is 95.4 cm³/mol. The number of methoxy groups -OCH3 is 2. The van der Waals surface area contributed by atoms with Crippen LogP contribution in [-0.2, 0) is 20.7 Å². The van der Waals surface area contributed by atoms with Gasteiger partial charge in [-0.15, -0.1) is 0 Å². The fraction of sp³-hybridized carbons (Fsp3) is 0.579. The van der Waals surface area contributed by atoms with Gasteiger partial charge in [-0.25, -0.2) is 0 Å². The number of carbonyl (C=O) groups excluding carboxylic acids is 2. The van der Waals surface area contributed by atoms with Crippen LogP contribution in [0.3, 0.4) is 0 Å². The largest absolute Gasteiger partial charge is 0.496 e. The molecule has 1 aliphatic rings. The normalized spacial score (nSPS) is 20.4. The van der Waals surface area contributed by atoms with Gasteiger partial charge >= 0.3 is 0 Å². The van der Waals surface area contributed by atoms with Gasteiger partial charge in [0.05, 0.1) is 25.7 Å². The van der Waals surface area contributed by atoms with Crippen molar-refractivity contribution >= 4 is 11.8 Å². The molecule has 0 bridgehead atoms. The molecular weight excluding hydrogens is 320 g/mol. The molecule has 2 amide bonds. The second-order valence-corrected chi connectivity index (χ2v) is 6.57. The molecule has 0 radical (unpaired) electrons. The number of likely N-dealkylation sites (tertiary alicyclic amines) is 1. The lowest BCUT2D eigenvalue weighted by Crippen LogP contribution is -2.52. The number of nitrogens with zero attached hydrogens (tertiary/aromatic N) is 1. The van der Waals surface area contributed by atoms with Gasteiger partial charge in [0.25, 0.3) is 0 Å². The van der Waals surface area contributed by atoms with E-state index in [1.807, 2.05) is 30.0 Å². The second kappa shape index (κ2) is 8.85. The molecule has 2 N–H and O–H groups in total. The number of hydrogen-bond acceptors (Lipinski definition) is 4. The molecule has 1 heterocycles. The lowest BCUT2D eigenvalue weighted by molar-refractivity contribution is -0.140. The van der Waals surface area contributed by atoms with Gasteiger partial charge in [0, 0.05) is 25.6 Å². The highest BCUT2D eigenvalue weighted by Gasteiger charge is 2.34. The summed E-state index contributed by atoms with van der Waals surface area (Å²) >= 11 is 0. The molecule has 1 aromatic rings. The number of hydrogen-bond donors (Lipinski definition) is 1. The lowest BCUT2D eigenvalue weighted by Gasteiger charge is -2.40. The number of aryl methyl sites for hydroxylation is 1. The molecule has 25 heavy (non-hydrogen) atoms. The van der Waals surface area contributed by atoms with E-state index in [0.717, 1.165) is 24.0 Å². The molecule has 1 fully saturated rings. The molecule has 0 spiro atoms. The van der Waals surface area contributed by atoms with E-state index >= 15 is 0 Å². The number of amides is 2. The van der Waals surface area contributed by atoms with Crippen molar-refractivity contribution in [3.05, 3.63) is 29.3 Å². The minimum absolute atomic E-state index is 0.0279. The zero-order chi connectivity index (χ0) is 18.4. The Morgan fingerprint density at radius 2 is 2.08 bits per heavy atom. The molecule has 0 aliphatic carbocycles. The summed E-state index contributed by atoms with van der Waals surface area (Å²) in [6.45, 7) is 2.67. The zero-order valence-electron chi connectivity index (χ0n) is 15.3. The van der Waals surface area contributed by atoms with Gasteiger partial charge in [-0.2, -0.15) is 0 Å². The van der Waals surface area contributed by atoms with Crippen LogP contribution in [0.15, 0.2) is 18.2 Å². The predicted octanol–water partition coefficient (Wildman–Crippen LogP) is 1.82. The van der Waals surface area contributed by atoms with E-state index in [-0.39, 0.29) is 36.8 Å². The van der Waals surface area contributed by atoms with E-state index in [9.17, 15) is 9.59 Å². The van der Waals surface area contributed by atoms with Gasteiger partial charge in [-0.3, -0.25) is 9.59 Å². The number of carbonyl (C=O) groups is 2. The number of benzene rings is 1. The van der Waals surface area contributed by atoms with E-state index in [0.29, 0.717) is 18.7 Å². The molecule has 1 aromatic carbocycles. The molecule has 1 saturated heterocycles. The average molecular weight is 348 g/mol. The van der Waals surface area contributed by atoms with E-state index < -0.39 is 0 Å². The SMILES string of the molecule is COc1ccc(C)cc1CC(=O)N1CCC[C@H](OC)[C@@H]1CCC(N)=O. The van der Waals surface area contributed by atoms with Crippen molar-refractivity contribution in [3.8, 4) is 5.75 Å². The van der Waals surface area contributed by atoms with Crippen molar-refractivity contribution < 1.29 is 19.1 Å². The van der Waals surface area contributed by atoms with Crippen LogP contribution in [-0.4, -0.2) is 49.6 Å². The first-order valence-electron chi connectivity index (χ1n) is 8.70. The maximum atomic E-state index is 13.0. The third-order valence-corrected chi connectivity index (χ3v) is 4.80. The molecule has 0 unspecified atom stereocenters. The standard InChI is InChI=1S/C19H28N2O4/c1-13-6-8-16(24-2)14(11-13)12-19(23)21-10-4-5-17(25-3)15(21)7-9-18(20)22/h6,8,11,15,17H,4-5,7,9-10,12H2,1-3H3,(H2,20,22)/t15-,17-/m0/s1. The number of nitrogens with two attached hydrogens (primary N) is 1. The van der Waals surface area contributed by atoms with Gasteiger partial charge in [0.1, 0.15) is 5.75 Å². The van der Waals surface area contributed by atoms with E-state index in [1.165, 1.54) is 0 Å². The number of ether oxygens (including phenoxy) is 2. The van der Waals surface area contributed by atoms with E-state index in [4.69, 9.17) is 15.2 Å². The second-order valence-electron chi connectivity index (χ2n) is 6.57.